The number of aromatic nitrogens is 1. The van der Waals surface area contributed by atoms with Crippen LogP contribution in [0.25, 0.3) is 10.6 Å². The van der Waals surface area contributed by atoms with E-state index in [0.717, 1.165) is 4.88 Å². The minimum atomic E-state index is -0.842. The Bertz CT molecular complexity index is 447. The Hall–Kier alpha value is -1.62. The molecular formula is C10H9NO3S. The Morgan fingerprint density at radius 2 is 2.47 bits per heavy atom. The minimum Gasteiger partial charge on any atom is -0.481 e. The number of carboxylic acid groups (broad SMARTS) is 1. The highest BCUT2D eigenvalue weighted by molar-refractivity contribution is 7.13. The first-order valence-electron chi connectivity index (χ1n) is 4.46. The van der Waals surface area contributed by atoms with Gasteiger partial charge < -0.3 is 9.52 Å². The molecule has 0 fully saturated rings. The predicted molar refractivity (Wildman–Crippen MR) is 55.8 cm³/mol. The van der Waals surface area contributed by atoms with E-state index < -0.39 is 5.97 Å². The maximum atomic E-state index is 10.3. The number of nitrogens with zero attached hydrogens (tertiary/aromatic N) is 1. The Balaban J connectivity index is 2.08. The van der Waals surface area contributed by atoms with Crippen LogP contribution < -0.4 is 0 Å². The molecule has 2 heterocycles. The fraction of sp³-hybridized carbons (Fsp3) is 0.200. The van der Waals surface area contributed by atoms with Crippen LogP contribution in [0.4, 0.5) is 0 Å². The summed E-state index contributed by atoms with van der Waals surface area (Å²) in [6, 6.07) is 3.87. The molecule has 0 aliphatic carbocycles. The molecule has 1 N–H and O–H groups in total. The molecule has 0 amide bonds. The number of carbonyl (C=O) groups is 1. The first kappa shape index (κ1) is 9.92. The monoisotopic (exact) mass is 223 g/mol. The number of carboxylic acids is 1. The van der Waals surface area contributed by atoms with Crippen molar-refractivity contribution in [3.8, 4) is 10.6 Å². The highest BCUT2D eigenvalue weighted by Gasteiger charge is 2.08. The summed E-state index contributed by atoms with van der Waals surface area (Å²) in [7, 11) is 0. The van der Waals surface area contributed by atoms with Crippen LogP contribution in [0.5, 0.6) is 0 Å². The normalized spacial score (nSPS) is 10.4. The fourth-order valence-electron chi connectivity index (χ4n) is 1.17. The Morgan fingerprint density at radius 1 is 1.60 bits per heavy atom. The summed E-state index contributed by atoms with van der Waals surface area (Å²) in [4.78, 5) is 15.4. The van der Waals surface area contributed by atoms with Crippen LogP contribution in [-0.2, 0) is 11.2 Å². The molecule has 0 aliphatic rings. The minimum absolute atomic E-state index is 0.0460. The molecule has 0 spiro atoms. The van der Waals surface area contributed by atoms with Crippen LogP contribution in [0.15, 0.2) is 28.1 Å². The van der Waals surface area contributed by atoms with Gasteiger partial charge in [0.25, 0.3) is 0 Å². The lowest BCUT2D eigenvalue weighted by Crippen LogP contribution is -1.97. The fourth-order valence-corrected chi connectivity index (χ4v) is 1.84. The Labute approximate surface area is 90.2 Å². The van der Waals surface area contributed by atoms with Crippen molar-refractivity contribution in [1.29, 1.82) is 0 Å². The van der Waals surface area contributed by atoms with Gasteiger partial charge in [-0.2, -0.15) is 0 Å². The van der Waals surface area contributed by atoms with Gasteiger partial charge in [-0.25, -0.2) is 4.98 Å². The van der Waals surface area contributed by atoms with E-state index in [1.165, 1.54) is 0 Å². The molecule has 78 valence electrons. The largest absolute Gasteiger partial charge is 0.481 e. The van der Waals surface area contributed by atoms with Crippen LogP contribution in [0.3, 0.4) is 0 Å². The molecule has 0 saturated heterocycles. The van der Waals surface area contributed by atoms with E-state index in [4.69, 9.17) is 9.52 Å². The van der Waals surface area contributed by atoms with Crippen LogP contribution >= 0.6 is 11.3 Å². The van der Waals surface area contributed by atoms with Gasteiger partial charge in [0.15, 0.2) is 11.7 Å². The van der Waals surface area contributed by atoms with E-state index >= 15 is 0 Å². The molecule has 0 radical (unpaired) electrons. The molecule has 0 bridgehead atoms. The highest BCUT2D eigenvalue weighted by atomic mass is 32.1. The maximum Gasteiger partial charge on any atom is 0.303 e. The van der Waals surface area contributed by atoms with Crippen molar-refractivity contribution in [2.24, 2.45) is 0 Å². The number of rotatable bonds is 4. The lowest BCUT2D eigenvalue weighted by molar-refractivity contribution is -0.137. The van der Waals surface area contributed by atoms with Crippen molar-refractivity contribution in [2.75, 3.05) is 0 Å². The molecule has 0 aromatic carbocycles. The molecule has 5 heteroatoms. The van der Waals surface area contributed by atoms with E-state index in [0.29, 0.717) is 18.1 Å². The van der Waals surface area contributed by atoms with E-state index in [1.54, 1.807) is 17.5 Å². The molecule has 2 aromatic heterocycles. The number of hydrogen-bond donors (Lipinski definition) is 1. The Kier molecular flexibility index (Phi) is 2.82. The number of hydrogen-bond acceptors (Lipinski definition) is 4. The topological polar surface area (TPSA) is 63.3 Å². The lowest BCUT2D eigenvalue weighted by atomic mass is 10.3. The van der Waals surface area contributed by atoms with Gasteiger partial charge in [-0.1, -0.05) is 6.07 Å². The zero-order valence-electron chi connectivity index (χ0n) is 7.84. The molecule has 0 atom stereocenters. The van der Waals surface area contributed by atoms with Crippen molar-refractivity contribution < 1.29 is 14.3 Å². The molecular weight excluding hydrogens is 214 g/mol. The average Bonchev–Trinajstić information content (AvgIpc) is 2.85. The number of oxazole rings is 1. The SMILES string of the molecule is O=C(O)CCc1ncc(-c2cccs2)o1. The number of thiophene rings is 1. The molecule has 0 aliphatic heterocycles. The van der Waals surface area contributed by atoms with Crippen LogP contribution in [-0.4, -0.2) is 16.1 Å². The van der Waals surface area contributed by atoms with Gasteiger partial charge in [-0.05, 0) is 11.4 Å². The van der Waals surface area contributed by atoms with Gasteiger partial charge in [-0.3, -0.25) is 4.79 Å². The average molecular weight is 223 g/mol. The zero-order chi connectivity index (χ0) is 10.7. The third-order valence-electron chi connectivity index (χ3n) is 1.87. The summed E-state index contributed by atoms with van der Waals surface area (Å²) in [5, 5.41) is 10.5. The summed E-state index contributed by atoms with van der Waals surface area (Å²) in [6.45, 7) is 0. The highest BCUT2D eigenvalue weighted by Crippen LogP contribution is 2.25. The van der Waals surface area contributed by atoms with Crippen molar-refractivity contribution in [2.45, 2.75) is 12.8 Å². The molecule has 0 unspecified atom stereocenters. The lowest BCUT2D eigenvalue weighted by Gasteiger charge is -1.90. The van der Waals surface area contributed by atoms with Gasteiger partial charge in [0.1, 0.15) is 0 Å². The summed E-state index contributed by atoms with van der Waals surface area (Å²) in [5.74, 6) is 0.331. The van der Waals surface area contributed by atoms with Crippen molar-refractivity contribution in [3.05, 3.63) is 29.6 Å². The second-order valence-corrected chi connectivity index (χ2v) is 3.94. The second-order valence-electron chi connectivity index (χ2n) is 2.99. The quantitative estimate of drug-likeness (QED) is 0.864. The van der Waals surface area contributed by atoms with E-state index in [9.17, 15) is 4.79 Å². The Morgan fingerprint density at radius 3 is 3.13 bits per heavy atom. The van der Waals surface area contributed by atoms with E-state index in [-0.39, 0.29) is 6.42 Å². The van der Waals surface area contributed by atoms with Crippen molar-refractivity contribution >= 4 is 17.3 Å². The number of aryl methyl sites for hydroxylation is 1. The summed E-state index contributed by atoms with van der Waals surface area (Å²) in [6.07, 6.45) is 2.01. The van der Waals surface area contributed by atoms with Crippen molar-refractivity contribution in [3.63, 3.8) is 0 Å². The van der Waals surface area contributed by atoms with Crippen molar-refractivity contribution in [1.82, 2.24) is 4.98 Å². The summed E-state index contributed by atoms with van der Waals surface area (Å²) < 4.78 is 5.41. The standard InChI is InChI=1S/C10H9NO3S/c12-10(13)4-3-9-11-6-7(14-9)8-2-1-5-15-8/h1-2,5-6H,3-4H2,(H,12,13). The van der Waals surface area contributed by atoms with Gasteiger partial charge >= 0.3 is 5.97 Å². The molecule has 2 aromatic rings. The second kappa shape index (κ2) is 4.27. The third kappa shape index (κ3) is 2.44. The van der Waals surface area contributed by atoms with E-state index in [1.807, 2.05) is 17.5 Å². The first-order valence-corrected chi connectivity index (χ1v) is 5.34. The van der Waals surface area contributed by atoms with Gasteiger partial charge in [0.05, 0.1) is 17.5 Å². The van der Waals surface area contributed by atoms with Gasteiger partial charge in [0, 0.05) is 6.42 Å². The molecule has 15 heavy (non-hydrogen) atoms. The van der Waals surface area contributed by atoms with Crippen LogP contribution in [0.2, 0.25) is 0 Å². The zero-order valence-corrected chi connectivity index (χ0v) is 8.66. The molecule has 4 nitrogen and oxygen atoms in total. The van der Waals surface area contributed by atoms with Gasteiger partial charge in [0.2, 0.25) is 0 Å². The smallest absolute Gasteiger partial charge is 0.303 e. The maximum absolute atomic E-state index is 10.3. The molecule has 0 saturated carbocycles. The third-order valence-corrected chi connectivity index (χ3v) is 2.75. The van der Waals surface area contributed by atoms with Gasteiger partial charge in [-0.15, -0.1) is 11.3 Å². The molecule has 2 rings (SSSR count). The van der Waals surface area contributed by atoms with E-state index in [2.05, 4.69) is 4.98 Å². The summed E-state index contributed by atoms with van der Waals surface area (Å²) >= 11 is 1.56. The van der Waals surface area contributed by atoms with Crippen LogP contribution in [0, 0.1) is 0 Å². The number of aliphatic carboxylic acids is 1. The first-order chi connectivity index (χ1) is 7.25. The van der Waals surface area contributed by atoms with Crippen LogP contribution in [0.1, 0.15) is 12.3 Å². The predicted octanol–water partition coefficient (Wildman–Crippen LogP) is 2.42. The summed E-state index contributed by atoms with van der Waals surface area (Å²) in [5.41, 5.74) is 0.